The van der Waals surface area contributed by atoms with Crippen LogP contribution in [0.25, 0.3) is 10.9 Å². The molecule has 1 heterocycles. The van der Waals surface area contributed by atoms with Crippen molar-refractivity contribution in [3.8, 4) is 5.75 Å². The predicted molar refractivity (Wildman–Crippen MR) is 100 cm³/mol. The van der Waals surface area contributed by atoms with Crippen LogP contribution in [0.1, 0.15) is 6.42 Å². The average molecular weight is 356 g/mol. The highest BCUT2D eigenvalue weighted by molar-refractivity contribution is 6.32. The van der Waals surface area contributed by atoms with Crippen molar-refractivity contribution >= 4 is 34.2 Å². The number of aromatic nitrogens is 1. The number of hydrogen-bond acceptors (Lipinski definition) is 3. The van der Waals surface area contributed by atoms with Crippen LogP contribution < -0.4 is 15.4 Å². The van der Waals surface area contributed by atoms with Crippen molar-refractivity contribution in [1.82, 2.24) is 10.3 Å². The second-order valence-electron chi connectivity index (χ2n) is 5.39. The zero-order chi connectivity index (χ0) is 17.5. The Kier molecular flexibility index (Phi) is 5.69. The van der Waals surface area contributed by atoms with Gasteiger partial charge in [-0.1, -0.05) is 41.9 Å². The molecule has 25 heavy (non-hydrogen) atoms. The first kappa shape index (κ1) is 17.0. The number of ether oxygens (including phenoxy) is 1. The number of carbonyl (C=O) groups is 1. The lowest BCUT2D eigenvalue weighted by atomic mass is 10.2. The molecule has 0 aliphatic heterocycles. The number of rotatable bonds is 6. The van der Waals surface area contributed by atoms with Crippen molar-refractivity contribution in [2.75, 3.05) is 18.5 Å². The van der Waals surface area contributed by atoms with E-state index >= 15 is 0 Å². The number of benzene rings is 2. The highest BCUT2D eigenvalue weighted by Gasteiger charge is 2.06. The molecule has 0 radical (unpaired) electrons. The van der Waals surface area contributed by atoms with Crippen LogP contribution >= 0.6 is 11.6 Å². The fourth-order valence-electron chi connectivity index (χ4n) is 2.39. The Labute approximate surface area is 151 Å². The minimum Gasteiger partial charge on any atom is -0.492 e. The SMILES string of the molecule is O=C(NCCCOc1ccccc1Cl)Nc1cccc2cccnc12. The Morgan fingerprint density at radius 2 is 1.92 bits per heavy atom. The van der Waals surface area contributed by atoms with Gasteiger partial charge in [0.25, 0.3) is 0 Å². The number of para-hydroxylation sites is 2. The molecule has 3 rings (SSSR count). The van der Waals surface area contributed by atoms with E-state index in [0.29, 0.717) is 36.0 Å². The molecule has 6 heteroatoms. The lowest BCUT2D eigenvalue weighted by molar-refractivity contribution is 0.250. The average Bonchev–Trinajstić information content (AvgIpc) is 2.63. The maximum Gasteiger partial charge on any atom is 0.319 e. The van der Waals surface area contributed by atoms with Gasteiger partial charge < -0.3 is 15.4 Å². The largest absolute Gasteiger partial charge is 0.492 e. The molecule has 2 aromatic carbocycles. The van der Waals surface area contributed by atoms with Gasteiger partial charge in [0, 0.05) is 18.1 Å². The Hall–Kier alpha value is -2.79. The second kappa shape index (κ2) is 8.35. The third kappa shape index (κ3) is 4.61. The summed E-state index contributed by atoms with van der Waals surface area (Å²) in [6.07, 6.45) is 2.38. The molecule has 0 spiro atoms. The van der Waals surface area contributed by atoms with Gasteiger partial charge in [-0.15, -0.1) is 0 Å². The normalized spacial score (nSPS) is 10.4. The van der Waals surface area contributed by atoms with Crippen LogP contribution in [0.4, 0.5) is 10.5 Å². The summed E-state index contributed by atoms with van der Waals surface area (Å²) in [6.45, 7) is 0.967. The maximum absolute atomic E-state index is 12.0. The molecular weight excluding hydrogens is 338 g/mol. The van der Waals surface area contributed by atoms with E-state index in [4.69, 9.17) is 16.3 Å². The summed E-state index contributed by atoms with van der Waals surface area (Å²) >= 11 is 6.01. The van der Waals surface area contributed by atoms with Crippen molar-refractivity contribution in [3.05, 3.63) is 65.8 Å². The molecule has 0 aliphatic carbocycles. The summed E-state index contributed by atoms with van der Waals surface area (Å²) in [5, 5.41) is 7.19. The van der Waals surface area contributed by atoms with Gasteiger partial charge in [-0.25, -0.2) is 4.79 Å². The van der Waals surface area contributed by atoms with E-state index in [2.05, 4.69) is 15.6 Å². The van der Waals surface area contributed by atoms with Crippen LogP contribution in [0.15, 0.2) is 60.8 Å². The van der Waals surface area contributed by atoms with Crippen LogP contribution in [0.3, 0.4) is 0 Å². The molecule has 0 saturated carbocycles. The van der Waals surface area contributed by atoms with Crippen LogP contribution in [0.5, 0.6) is 5.75 Å². The molecule has 0 atom stereocenters. The van der Waals surface area contributed by atoms with E-state index in [0.717, 1.165) is 10.9 Å². The fraction of sp³-hybridized carbons (Fsp3) is 0.158. The van der Waals surface area contributed by atoms with Gasteiger partial charge in [-0.3, -0.25) is 4.98 Å². The predicted octanol–water partition coefficient (Wildman–Crippen LogP) is 4.48. The van der Waals surface area contributed by atoms with E-state index in [-0.39, 0.29) is 6.03 Å². The van der Waals surface area contributed by atoms with Crippen LogP contribution in [-0.4, -0.2) is 24.2 Å². The second-order valence-corrected chi connectivity index (χ2v) is 5.80. The van der Waals surface area contributed by atoms with Gasteiger partial charge in [0.1, 0.15) is 5.75 Å². The fourth-order valence-corrected chi connectivity index (χ4v) is 2.58. The first-order valence-corrected chi connectivity index (χ1v) is 8.38. The standard InChI is InChI=1S/C19H18ClN3O2/c20-15-8-1-2-10-17(15)25-13-5-12-22-19(24)23-16-9-3-6-14-7-4-11-21-18(14)16/h1-4,6-11H,5,12-13H2,(H2,22,23,24). The van der Waals surface area contributed by atoms with Crippen molar-refractivity contribution in [2.45, 2.75) is 6.42 Å². The molecule has 0 bridgehead atoms. The topological polar surface area (TPSA) is 63.2 Å². The molecule has 5 nitrogen and oxygen atoms in total. The van der Waals surface area contributed by atoms with Gasteiger partial charge >= 0.3 is 6.03 Å². The molecule has 0 saturated heterocycles. The Morgan fingerprint density at radius 3 is 2.80 bits per heavy atom. The molecule has 0 unspecified atom stereocenters. The third-order valence-corrected chi connectivity index (χ3v) is 3.89. The number of hydrogen-bond donors (Lipinski definition) is 2. The number of urea groups is 1. The van der Waals surface area contributed by atoms with Crippen LogP contribution in [0.2, 0.25) is 5.02 Å². The molecule has 0 aliphatic rings. The van der Waals surface area contributed by atoms with E-state index in [1.165, 1.54) is 0 Å². The Morgan fingerprint density at radius 1 is 1.08 bits per heavy atom. The number of carbonyl (C=O) groups excluding carboxylic acids is 1. The lowest BCUT2D eigenvalue weighted by Crippen LogP contribution is -2.30. The van der Waals surface area contributed by atoms with Crippen LogP contribution in [-0.2, 0) is 0 Å². The highest BCUT2D eigenvalue weighted by Crippen LogP contribution is 2.23. The Bertz CT molecular complexity index is 865. The summed E-state index contributed by atoms with van der Waals surface area (Å²) in [7, 11) is 0. The minimum absolute atomic E-state index is 0.268. The Balaban J connectivity index is 1.44. The molecule has 128 valence electrons. The summed E-state index contributed by atoms with van der Waals surface area (Å²) in [6, 6.07) is 16.5. The number of amides is 2. The summed E-state index contributed by atoms with van der Waals surface area (Å²) < 4.78 is 5.58. The summed E-state index contributed by atoms with van der Waals surface area (Å²) in [5.41, 5.74) is 1.45. The molecule has 2 amide bonds. The number of pyridine rings is 1. The number of halogens is 1. The molecule has 3 aromatic rings. The van der Waals surface area contributed by atoms with Crippen molar-refractivity contribution in [3.63, 3.8) is 0 Å². The van der Waals surface area contributed by atoms with Crippen molar-refractivity contribution < 1.29 is 9.53 Å². The summed E-state index contributed by atoms with van der Waals surface area (Å²) in [5.74, 6) is 0.649. The maximum atomic E-state index is 12.0. The van der Waals surface area contributed by atoms with Crippen molar-refractivity contribution in [1.29, 1.82) is 0 Å². The molecule has 1 aromatic heterocycles. The van der Waals surface area contributed by atoms with E-state index < -0.39 is 0 Å². The first-order valence-electron chi connectivity index (χ1n) is 8.00. The van der Waals surface area contributed by atoms with Gasteiger partial charge in [-0.2, -0.15) is 0 Å². The number of anilines is 1. The smallest absolute Gasteiger partial charge is 0.319 e. The van der Waals surface area contributed by atoms with Gasteiger partial charge in [0.15, 0.2) is 0 Å². The minimum atomic E-state index is -0.268. The number of nitrogens with one attached hydrogen (secondary N) is 2. The van der Waals surface area contributed by atoms with Gasteiger partial charge in [0.2, 0.25) is 0 Å². The van der Waals surface area contributed by atoms with Crippen molar-refractivity contribution in [2.24, 2.45) is 0 Å². The van der Waals surface area contributed by atoms with E-state index in [9.17, 15) is 4.79 Å². The quantitative estimate of drug-likeness (QED) is 0.641. The highest BCUT2D eigenvalue weighted by atomic mass is 35.5. The molecular formula is C19H18ClN3O2. The number of fused-ring (bicyclic) bond motifs is 1. The van der Waals surface area contributed by atoms with Crippen LogP contribution in [0, 0.1) is 0 Å². The third-order valence-electron chi connectivity index (χ3n) is 3.58. The van der Waals surface area contributed by atoms with E-state index in [1.54, 1.807) is 12.3 Å². The van der Waals surface area contributed by atoms with Gasteiger partial charge in [-0.05, 0) is 30.7 Å². The van der Waals surface area contributed by atoms with Gasteiger partial charge in [0.05, 0.1) is 22.8 Å². The molecule has 0 fully saturated rings. The molecule has 2 N–H and O–H groups in total. The lowest BCUT2D eigenvalue weighted by Gasteiger charge is -2.10. The van der Waals surface area contributed by atoms with E-state index in [1.807, 2.05) is 48.5 Å². The zero-order valence-electron chi connectivity index (χ0n) is 13.5. The summed E-state index contributed by atoms with van der Waals surface area (Å²) in [4.78, 5) is 16.3. The monoisotopic (exact) mass is 355 g/mol. The number of nitrogens with zero attached hydrogens (tertiary/aromatic N) is 1. The first-order chi connectivity index (χ1) is 12.2. The zero-order valence-corrected chi connectivity index (χ0v) is 14.3.